The molecule has 0 fully saturated rings. The van der Waals surface area contributed by atoms with Gasteiger partial charge < -0.3 is 9.30 Å². The van der Waals surface area contributed by atoms with E-state index < -0.39 is 31.1 Å². The van der Waals surface area contributed by atoms with Crippen molar-refractivity contribution in [2.24, 2.45) is 0 Å². The second kappa shape index (κ2) is 7.10. The molecule has 0 aliphatic rings. The van der Waals surface area contributed by atoms with Gasteiger partial charge in [-0.05, 0) is 32.9 Å². The van der Waals surface area contributed by atoms with Gasteiger partial charge in [0.05, 0.1) is 5.69 Å². The van der Waals surface area contributed by atoms with Gasteiger partial charge in [-0.1, -0.05) is 0 Å². The minimum absolute atomic E-state index is 0.0873. The number of fused-ring (bicyclic) bond motifs is 1. The summed E-state index contributed by atoms with van der Waals surface area (Å²) >= 11 is 0. The molecule has 3 aromatic rings. The summed E-state index contributed by atoms with van der Waals surface area (Å²) in [6, 6.07) is 3.01. The van der Waals surface area contributed by atoms with Crippen LogP contribution in [0.2, 0.25) is 0 Å². The molecule has 3 aromatic heterocycles. The average molecular weight is 394 g/mol. The lowest BCUT2D eigenvalue weighted by Gasteiger charge is -2.12. The number of ether oxygens (including phenoxy) is 1. The maximum absolute atomic E-state index is 12.7. The number of alkyl halides is 3. The van der Waals surface area contributed by atoms with Crippen molar-refractivity contribution < 1.29 is 27.5 Å². The van der Waals surface area contributed by atoms with Crippen molar-refractivity contribution in [1.82, 2.24) is 19.2 Å². The van der Waals surface area contributed by atoms with E-state index in [4.69, 9.17) is 4.74 Å². The lowest BCUT2D eigenvalue weighted by molar-refractivity contribution is -0.141. The Hall–Kier alpha value is -3.17. The number of hydrogen-bond acceptors (Lipinski definition) is 5. The molecule has 0 radical (unpaired) electrons. The van der Waals surface area contributed by atoms with Gasteiger partial charge >= 0.3 is 12.1 Å². The molecule has 0 unspecified atom stereocenters. The molecule has 0 atom stereocenters. The Morgan fingerprint density at radius 1 is 1.21 bits per heavy atom. The van der Waals surface area contributed by atoms with E-state index in [0.29, 0.717) is 17.0 Å². The summed E-state index contributed by atoms with van der Waals surface area (Å²) < 4.78 is 45.6. The van der Waals surface area contributed by atoms with Crippen LogP contribution in [0.25, 0.3) is 5.65 Å². The summed E-state index contributed by atoms with van der Waals surface area (Å²) in [5.74, 6) is -1.36. The standard InChI is InChI=1S/C18H17F3N4O3/c1-10-7-13(12(3)24(10)9-18(19,20)21)14(26)8-28-17(27)15-11(2)23-25-6-4-5-22-16(15)25/h4-7H,8-9H2,1-3H3. The number of carbonyl (C=O) groups is 2. The second-order valence-corrected chi connectivity index (χ2v) is 6.33. The molecule has 0 aliphatic carbocycles. The number of Topliss-reactive ketones (excluding diaryl/α,β-unsaturated/α-hetero) is 1. The zero-order valence-corrected chi connectivity index (χ0v) is 15.4. The molecule has 3 rings (SSSR count). The summed E-state index contributed by atoms with van der Waals surface area (Å²) in [6.07, 6.45) is -1.30. The van der Waals surface area contributed by atoms with Crippen LogP contribution in [0.4, 0.5) is 13.2 Å². The highest BCUT2D eigenvalue weighted by Crippen LogP contribution is 2.23. The number of hydrogen-bond donors (Lipinski definition) is 0. The first-order chi connectivity index (χ1) is 13.1. The minimum atomic E-state index is -4.41. The molecule has 0 bridgehead atoms. The van der Waals surface area contributed by atoms with Crippen molar-refractivity contribution in [3.8, 4) is 0 Å². The Morgan fingerprint density at radius 3 is 2.61 bits per heavy atom. The molecular weight excluding hydrogens is 377 g/mol. The Labute approximate surface area is 157 Å². The molecule has 0 aliphatic heterocycles. The van der Waals surface area contributed by atoms with Crippen molar-refractivity contribution in [2.45, 2.75) is 33.5 Å². The summed E-state index contributed by atoms with van der Waals surface area (Å²) in [4.78, 5) is 28.9. The van der Waals surface area contributed by atoms with Crippen molar-refractivity contribution in [1.29, 1.82) is 0 Å². The summed E-state index contributed by atoms with van der Waals surface area (Å²) in [5.41, 5.74) is 1.37. The fourth-order valence-electron chi connectivity index (χ4n) is 3.02. The van der Waals surface area contributed by atoms with Crippen LogP contribution < -0.4 is 0 Å². The van der Waals surface area contributed by atoms with E-state index in [-0.39, 0.29) is 16.8 Å². The smallest absolute Gasteiger partial charge is 0.406 e. The van der Waals surface area contributed by atoms with Gasteiger partial charge in [0, 0.05) is 29.3 Å². The highest BCUT2D eigenvalue weighted by Gasteiger charge is 2.30. The van der Waals surface area contributed by atoms with Crippen LogP contribution in [0.5, 0.6) is 0 Å². The fraction of sp³-hybridized carbons (Fsp3) is 0.333. The van der Waals surface area contributed by atoms with Gasteiger partial charge in [0.2, 0.25) is 5.78 Å². The number of ketones is 1. The lowest BCUT2D eigenvalue weighted by Crippen LogP contribution is -2.20. The third-order valence-electron chi connectivity index (χ3n) is 4.32. The minimum Gasteiger partial charge on any atom is -0.454 e. The van der Waals surface area contributed by atoms with Gasteiger partial charge in [-0.3, -0.25) is 4.79 Å². The first-order valence-electron chi connectivity index (χ1n) is 8.32. The Balaban J connectivity index is 1.76. The molecule has 0 spiro atoms. The van der Waals surface area contributed by atoms with E-state index in [2.05, 4.69) is 10.1 Å². The molecule has 0 saturated heterocycles. The molecule has 0 amide bonds. The third kappa shape index (κ3) is 3.75. The van der Waals surface area contributed by atoms with Gasteiger partial charge in [0.15, 0.2) is 12.3 Å². The first kappa shape index (κ1) is 19.6. The number of aromatic nitrogens is 4. The number of aryl methyl sites for hydroxylation is 2. The van der Waals surface area contributed by atoms with Crippen molar-refractivity contribution in [3.05, 3.63) is 52.7 Å². The number of rotatable bonds is 5. The maximum Gasteiger partial charge on any atom is 0.406 e. The Morgan fingerprint density at radius 2 is 1.93 bits per heavy atom. The van der Waals surface area contributed by atoms with E-state index in [9.17, 15) is 22.8 Å². The van der Waals surface area contributed by atoms with Gasteiger partial charge in [-0.2, -0.15) is 18.3 Å². The zero-order valence-electron chi connectivity index (χ0n) is 15.4. The molecule has 0 aromatic carbocycles. The number of carbonyl (C=O) groups excluding carboxylic acids is 2. The predicted octanol–water partition coefficient (Wildman–Crippen LogP) is 3.06. The van der Waals surface area contributed by atoms with Crippen LogP contribution in [0, 0.1) is 20.8 Å². The first-order valence-corrected chi connectivity index (χ1v) is 8.32. The molecule has 3 heterocycles. The molecular formula is C18H17F3N4O3. The van der Waals surface area contributed by atoms with Crippen molar-refractivity contribution in [2.75, 3.05) is 6.61 Å². The zero-order chi connectivity index (χ0) is 20.6. The third-order valence-corrected chi connectivity index (χ3v) is 4.32. The fourth-order valence-corrected chi connectivity index (χ4v) is 3.02. The van der Waals surface area contributed by atoms with Crippen LogP contribution in [-0.2, 0) is 11.3 Å². The highest BCUT2D eigenvalue weighted by molar-refractivity contribution is 6.02. The molecule has 7 nitrogen and oxygen atoms in total. The predicted molar refractivity (Wildman–Crippen MR) is 92.3 cm³/mol. The van der Waals surface area contributed by atoms with E-state index in [1.54, 1.807) is 19.2 Å². The normalized spacial score (nSPS) is 11.8. The van der Waals surface area contributed by atoms with Gasteiger partial charge in [-0.25, -0.2) is 14.3 Å². The van der Waals surface area contributed by atoms with Gasteiger partial charge in [0.25, 0.3) is 0 Å². The monoisotopic (exact) mass is 394 g/mol. The van der Waals surface area contributed by atoms with Crippen molar-refractivity contribution >= 4 is 17.4 Å². The number of halogens is 3. The van der Waals surface area contributed by atoms with Crippen molar-refractivity contribution in [3.63, 3.8) is 0 Å². The largest absolute Gasteiger partial charge is 0.454 e. The molecule has 0 saturated carbocycles. The number of nitrogens with zero attached hydrogens (tertiary/aromatic N) is 4. The Kier molecular flexibility index (Phi) is 4.97. The second-order valence-electron chi connectivity index (χ2n) is 6.33. The number of esters is 1. The van der Waals surface area contributed by atoms with E-state index in [0.717, 1.165) is 4.57 Å². The summed E-state index contributed by atoms with van der Waals surface area (Å²) in [5, 5.41) is 4.14. The van der Waals surface area contributed by atoms with E-state index in [1.807, 2.05) is 0 Å². The van der Waals surface area contributed by atoms with E-state index >= 15 is 0 Å². The SMILES string of the molecule is Cc1nn2cccnc2c1C(=O)OCC(=O)c1cc(C)n(CC(F)(F)F)c1C. The summed E-state index contributed by atoms with van der Waals surface area (Å²) in [7, 11) is 0. The topological polar surface area (TPSA) is 78.5 Å². The van der Waals surface area contributed by atoms with Crippen LogP contribution >= 0.6 is 0 Å². The highest BCUT2D eigenvalue weighted by atomic mass is 19.4. The summed E-state index contributed by atoms with van der Waals surface area (Å²) in [6.45, 7) is 2.73. The molecule has 28 heavy (non-hydrogen) atoms. The van der Waals surface area contributed by atoms with Crippen LogP contribution in [0.15, 0.2) is 24.5 Å². The molecule has 148 valence electrons. The average Bonchev–Trinajstić information content (AvgIpc) is 3.08. The maximum atomic E-state index is 12.7. The van der Waals surface area contributed by atoms with Crippen LogP contribution in [-0.4, -0.2) is 43.7 Å². The molecule has 10 heteroatoms. The van der Waals surface area contributed by atoms with Gasteiger partial charge in [-0.15, -0.1) is 0 Å². The Bertz CT molecular complexity index is 1070. The van der Waals surface area contributed by atoms with Crippen LogP contribution in [0.1, 0.15) is 37.8 Å². The molecule has 0 N–H and O–H groups in total. The van der Waals surface area contributed by atoms with Crippen LogP contribution in [0.3, 0.4) is 0 Å². The van der Waals surface area contributed by atoms with E-state index in [1.165, 1.54) is 30.6 Å². The quantitative estimate of drug-likeness (QED) is 0.491. The lowest BCUT2D eigenvalue weighted by atomic mass is 10.1. The van der Waals surface area contributed by atoms with Gasteiger partial charge in [0.1, 0.15) is 12.1 Å².